The summed E-state index contributed by atoms with van der Waals surface area (Å²) in [4.78, 5) is 18.0. The number of pyridine rings is 1. The lowest BCUT2D eigenvalue weighted by Gasteiger charge is -2.31. The van der Waals surface area contributed by atoms with Crippen molar-refractivity contribution in [1.29, 1.82) is 0 Å². The van der Waals surface area contributed by atoms with Gasteiger partial charge in [-0.25, -0.2) is 9.78 Å². The van der Waals surface area contributed by atoms with Gasteiger partial charge in [0.25, 0.3) is 0 Å². The maximum Gasteiger partial charge on any atom is 0.340 e. The van der Waals surface area contributed by atoms with Crippen molar-refractivity contribution in [2.24, 2.45) is 0 Å². The van der Waals surface area contributed by atoms with Crippen LogP contribution in [0, 0.1) is 0 Å². The van der Waals surface area contributed by atoms with Crippen molar-refractivity contribution in [3.63, 3.8) is 0 Å². The van der Waals surface area contributed by atoms with E-state index >= 15 is 0 Å². The van der Waals surface area contributed by atoms with Gasteiger partial charge in [0.1, 0.15) is 0 Å². The number of hydrogen-bond acceptors (Lipinski definition) is 6. The summed E-state index contributed by atoms with van der Waals surface area (Å²) in [5.74, 6) is 0.165. The average molecular weight is 265 g/mol. The van der Waals surface area contributed by atoms with Gasteiger partial charge in [0, 0.05) is 19.3 Å². The second-order valence-electron chi connectivity index (χ2n) is 4.53. The second kappa shape index (κ2) is 5.88. The minimum Gasteiger partial charge on any atom is -0.462 e. The summed E-state index contributed by atoms with van der Waals surface area (Å²) in [6.45, 7) is 3.43. The van der Waals surface area contributed by atoms with Crippen molar-refractivity contribution in [3.8, 4) is 0 Å². The quantitative estimate of drug-likeness (QED) is 0.786. The monoisotopic (exact) mass is 265 g/mol. The van der Waals surface area contributed by atoms with Crippen LogP contribution in [0.25, 0.3) is 0 Å². The lowest BCUT2D eigenvalue weighted by molar-refractivity contribution is 0.0527. The van der Waals surface area contributed by atoms with Gasteiger partial charge in [-0.05, 0) is 25.8 Å². The van der Waals surface area contributed by atoms with E-state index in [4.69, 9.17) is 10.5 Å². The minimum atomic E-state index is -0.430. The topological polar surface area (TPSA) is 88.7 Å². The molecular formula is C13H19N3O3. The first-order chi connectivity index (χ1) is 9.13. The number of nitrogens with two attached hydrogens (primary N) is 1. The van der Waals surface area contributed by atoms with Crippen molar-refractivity contribution >= 4 is 17.5 Å². The van der Waals surface area contributed by atoms with Crippen LogP contribution in [-0.4, -0.2) is 41.9 Å². The molecule has 0 unspecified atom stereocenters. The number of piperidine rings is 1. The molecule has 3 N–H and O–H groups in total. The van der Waals surface area contributed by atoms with E-state index in [0.717, 1.165) is 0 Å². The molecule has 1 aromatic rings. The molecule has 1 saturated heterocycles. The van der Waals surface area contributed by atoms with Crippen LogP contribution in [0.5, 0.6) is 0 Å². The summed E-state index contributed by atoms with van der Waals surface area (Å²) in [6.07, 6.45) is 2.67. The lowest BCUT2D eigenvalue weighted by atomic mass is 10.1. The zero-order chi connectivity index (χ0) is 13.8. The zero-order valence-corrected chi connectivity index (χ0v) is 11.0. The number of anilines is 2. The molecule has 0 spiro atoms. The Hall–Kier alpha value is -1.82. The van der Waals surface area contributed by atoms with Gasteiger partial charge in [-0.15, -0.1) is 0 Å². The molecule has 6 heteroatoms. The zero-order valence-electron chi connectivity index (χ0n) is 11.0. The Morgan fingerprint density at radius 3 is 2.89 bits per heavy atom. The number of aliphatic hydroxyl groups excluding tert-OH is 1. The van der Waals surface area contributed by atoms with Gasteiger partial charge >= 0.3 is 5.97 Å². The van der Waals surface area contributed by atoms with Crippen LogP contribution in [-0.2, 0) is 4.74 Å². The number of esters is 1. The average Bonchev–Trinajstić information content (AvgIpc) is 2.40. The molecule has 1 aromatic heterocycles. The molecule has 0 atom stereocenters. The predicted octanol–water partition coefficient (Wildman–Crippen LogP) is 0.802. The second-order valence-corrected chi connectivity index (χ2v) is 4.53. The Morgan fingerprint density at radius 1 is 1.58 bits per heavy atom. The van der Waals surface area contributed by atoms with Crippen molar-refractivity contribution in [1.82, 2.24) is 4.98 Å². The third-order valence-corrected chi connectivity index (χ3v) is 3.23. The number of carbonyl (C=O) groups is 1. The first-order valence-electron chi connectivity index (χ1n) is 6.48. The molecule has 1 fully saturated rings. The van der Waals surface area contributed by atoms with Gasteiger partial charge in [-0.3, -0.25) is 0 Å². The molecule has 0 bridgehead atoms. The van der Waals surface area contributed by atoms with Crippen LogP contribution in [0.3, 0.4) is 0 Å². The van der Waals surface area contributed by atoms with Gasteiger partial charge in [0.2, 0.25) is 0 Å². The van der Waals surface area contributed by atoms with E-state index in [9.17, 15) is 9.90 Å². The summed E-state index contributed by atoms with van der Waals surface area (Å²) in [5, 5.41) is 9.50. The molecule has 0 amide bonds. The van der Waals surface area contributed by atoms with Crippen molar-refractivity contribution in [2.75, 3.05) is 30.3 Å². The fourth-order valence-electron chi connectivity index (χ4n) is 2.18. The maximum atomic E-state index is 11.8. The van der Waals surface area contributed by atoms with Crippen LogP contribution in [0.15, 0.2) is 12.3 Å². The highest BCUT2D eigenvalue weighted by molar-refractivity contribution is 5.97. The molecule has 104 valence electrons. The molecule has 0 aliphatic carbocycles. The summed E-state index contributed by atoms with van der Waals surface area (Å²) >= 11 is 0. The molecule has 0 radical (unpaired) electrons. The standard InChI is InChI=1S/C13H19N3O3/c1-2-19-13(18)10-3-6-15-12(11(10)14)16-7-4-9(17)5-8-16/h3,6,9,17H,2,4-5,7-8,14H2,1H3. The number of nitrogens with zero attached hydrogens (tertiary/aromatic N) is 2. The summed E-state index contributed by atoms with van der Waals surface area (Å²) < 4.78 is 4.96. The molecule has 1 aliphatic heterocycles. The summed E-state index contributed by atoms with van der Waals surface area (Å²) in [7, 11) is 0. The Kier molecular flexibility index (Phi) is 4.21. The Bertz CT molecular complexity index is 456. The Labute approximate surface area is 112 Å². The number of ether oxygens (including phenoxy) is 1. The third-order valence-electron chi connectivity index (χ3n) is 3.23. The maximum absolute atomic E-state index is 11.8. The molecule has 2 heterocycles. The number of carbonyl (C=O) groups excluding carboxylic acids is 1. The highest BCUT2D eigenvalue weighted by Gasteiger charge is 2.22. The molecule has 2 rings (SSSR count). The first kappa shape index (κ1) is 13.6. The van der Waals surface area contributed by atoms with Crippen LogP contribution in [0.2, 0.25) is 0 Å². The SMILES string of the molecule is CCOC(=O)c1ccnc(N2CCC(O)CC2)c1N. The van der Waals surface area contributed by atoms with Gasteiger partial charge in [0.05, 0.1) is 24.0 Å². The highest BCUT2D eigenvalue weighted by atomic mass is 16.5. The number of nitrogen functional groups attached to an aromatic ring is 1. The van der Waals surface area contributed by atoms with Crippen LogP contribution in [0.4, 0.5) is 11.5 Å². The number of rotatable bonds is 3. The number of hydrogen-bond donors (Lipinski definition) is 2. The largest absolute Gasteiger partial charge is 0.462 e. The fraction of sp³-hybridized carbons (Fsp3) is 0.538. The summed E-state index contributed by atoms with van der Waals surface area (Å²) in [6, 6.07) is 1.57. The van der Waals surface area contributed by atoms with Crippen molar-refractivity contribution < 1.29 is 14.6 Å². The summed E-state index contributed by atoms with van der Waals surface area (Å²) in [5.41, 5.74) is 6.70. The van der Waals surface area contributed by atoms with Gasteiger partial charge in [-0.2, -0.15) is 0 Å². The van der Waals surface area contributed by atoms with E-state index in [2.05, 4.69) is 4.98 Å². The van der Waals surface area contributed by atoms with Crippen molar-refractivity contribution in [2.45, 2.75) is 25.9 Å². The smallest absolute Gasteiger partial charge is 0.340 e. The Balaban J connectivity index is 2.22. The number of aromatic nitrogens is 1. The van der Waals surface area contributed by atoms with Crippen LogP contribution < -0.4 is 10.6 Å². The molecule has 1 aliphatic rings. The molecule has 19 heavy (non-hydrogen) atoms. The minimum absolute atomic E-state index is 0.259. The van der Waals surface area contributed by atoms with Gasteiger partial charge in [0.15, 0.2) is 5.82 Å². The fourth-order valence-corrected chi connectivity index (χ4v) is 2.18. The highest BCUT2D eigenvalue weighted by Crippen LogP contribution is 2.27. The van der Waals surface area contributed by atoms with Crippen molar-refractivity contribution in [3.05, 3.63) is 17.8 Å². The predicted molar refractivity (Wildman–Crippen MR) is 72.1 cm³/mol. The van der Waals surface area contributed by atoms with E-state index in [0.29, 0.717) is 49.6 Å². The van der Waals surface area contributed by atoms with E-state index in [1.165, 1.54) is 0 Å². The molecule has 0 saturated carbocycles. The molecule has 0 aromatic carbocycles. The third kappa shape index (κ3) is 2.96. The molecular weight excluding hydrogens is 246 g/mol. The molecule has 6 nitrogen and oxygen atoms in total. The van der Waals surface area contributed by atoms with Gasteiger partial charge < -0.3 is 20.5 Å². The van der Waals surface area contributed by atoms with Gasteiger partial charge in [-0.1, -0.05) is 0 Å². The van der Waals surface area contributed by atoms with E-state index in [1.807, 2.05) is 4.90 Å². The Morgan fingerprint density at radius 2 is 2.26 bits per heavy atom. The number of aliphatic hydroxyl groups is 1. The lowest BCUT2D eigenvalue weighted by Crippen LogP contribution is -2.37. The first-order valence-corrected chi connectivity index (χ1v) is 6.48. The van der Waals surface area contributed by atoms with Crippen LogP contribution >= 0.6 is 0 Å². The van der Waals surface area contributed by atoms with E-state index in [-0.39, 0.29) is 6.10 Å². The van der Waals surface area contributed by atoms with Crippen LogP contribution in [0.1, 0.15) is 30.1 Å². The normalized spacial score (nSPS) is 16.4. The van der Waals surface area contributed by atoms with E-state index < -0.39 is 5.97 Å². The van der Waals surface area contributed by atoms with E-state index in [1.54, 1.807) is 19.2 Å².